The van der Waals surface area contributed by atoms with Gasteiger partial charge in [0.2, 0.25) is 5.88 Å². The van der Waals surface area contributed by atoms with Crippen molar-refractivity contribution < 1.29 is 4.74 Å². The number of aromatic nitrogens is 1. The maximum atomic E-state index is 5.99. The first-order chi connectivity index (χ1) is 8.74. The van der Waals surface area contributed by atoms with Crippen LogP contribution in [0.4, 0.5) is 0 Å². The smallest absolute Gasteiger partial charge is 0.213 e. The third-order valence-electron chi connectivity index (χ3n) is 2.50. The van der Waals surface area contributed by atoms with Gasteiger partial charge in [-0.1, -0.05) is 29.8 Å². The average molecular weight is 261 g/mol. The number of pyridine rings is 1. The molecule has 1 aromatic heterocycles. The molecule has 0 aliphatic carbocycles. The zero-order valence-electron chi connectivity index (χ0n) is 10.2. The zero-order valence-corrected chi connectivity index (χ0v) is 11.0. The normalized spacial score (nSPS) is 11.4. The van der Waals surface area contributed by atoms with Gasteiger partial charge in [-0.3, -0.25) is 4.99 Å². The van der Waals surface area contributed by atoms with Gasteiger partial charge in [-0.15, -0.1) is 0 Å². The predicted molar refractivity (Wildman–Crippen MR) is 73.8 cm³/mol. The topological polar surface area (TPSA) is 34.5 Å². The Morgan fingerprint density at radius 1 is 1.22 bits per heavy atom. The Hall–Kier alpha value is -1.87. The molecule has 4 heteroatoms. The summed E-state index contributed by atoms with van der Waals surface area (Å²) in [6, 6.07) is 13.1. The molecule has 0 atom stereocenters. The number of nitrogens with zero attached hydrogens (tertiary/aromatic N) is 2. The molecule has 0 saturated heterocycles. The fraction of sp³-hybridized carbons (Fsp3) is 0.143. The van der Waals surface area contributed by atoms with E-state index in [2.05, 4.69) is 9.98 Å². The number of ether oxygens (including phenoxy) is 1. The number of aliphatic imine (C=N–C) groups is 1. The van der Waals surface area contributed by atoms with Crippen molar-refractivity contribution in [1.82, 2.24) is 4.98 Å². The first kappa shape index (κ1) is 12.6. The lowest BCUT2D eigenvalue weighted by Gasteiger charge is -2.07. The fourth-order valence-corrected chi connectivity index (χ4v) is 1.88. The molecule has 0 N–H and O–H groups in total. The van der Waals surface area contributed by atoms with E-state index < -0.39 is 0 Å². The molecule has 0 aliphatic heterocycles. The Labute approximate surface area is 111 Å². The Bertz CT molecular complexity index is 582. The van der Waals surface area contributed by atoms with Crippen molar-refractivity contribution in [3.8, 4) is 5.88 Å². The van der Waals surface area contributed by atoms with Crippen LogP contribution in [0, 0.1) is 0 Å². The molecule has 0 saturated carbocycles. The molecular weight excluding hydrogens is 248 g/mol. The molecule has 0 bridgehead atoms. The molecule has 0 amide bonds. The number of methoxy groups -OCH3 is 1. The Morgan fingerprint density at radius 3 is 2.67 bits per heavy atom. The van der Waals surface area contributed by atoms with Gasteiger partial charge < -0.3 is 4.74 Å². The molecule has 1 aromatic carbocycles. The van der Waals surface area contributed by atoms with Crippen LogP contribution < -0.4 is 4.74 Å². The highest BCUT2D eigenvalue weighted by atomic mass is 35.5. The van der Waals surface area contributed by atoms with E-state index in [1.807, 2.05) is 36.4 Å². The first-order valence-corrected chi connectivity index (χ1v) is 5.86. The minimum absolute atomic E-state index is 0.565. The standard InChI is InChI=1S/C14H13ClN2O/c1-16-14(10-5-3-6-11(15)9-10)12-7-4-8-13(17-12)18-2/h3-9H,1-2H3. The van der Waals surface area contributed by atoms with Gasteiger partial charge in [0.05, 0.1) is 18.5 Å². The summed E-state index contributed by atoms with van der Waals surface area (Å²) < 4.78 is 5.12. The Balaban J connectivity index is 2.46. The largest absolute Gasteiger partial charge is 0.481 e. The van der Waals surface area contributed by atoms with Crippen LogP contribution in [-0.4, -0.2) is 24.9 Å². The summed E-state index contributed by atoms with van der Waals surface area (Å²) in [7, 11) is 3.33. The molecule has 18 heavy (non-hydrogen) atoms. The van der Waals surface area contributed by atoms with Crippen LogP contribution in [0.3, 0.4) is 0 Å². The van der Waals surface area contributed by atoms with E-state index >= 15 is 0 Å². The zero-order chi connectivity index (χ0) is 13.0. The number of hydrogen-bond donors (Lipinski definition) is 0. The summed E-state index contributed by atoms with van der Waals surface area (Å²) in [6.45, 7) is 0. The summed E-state index contributed by atoms with van der Waals surface area (Å²) in [5, 5.41) is 0.677. The summed E-state index contributed by atoms with van der Waals surface area (Å²) in [4.78, 5) is 8.66. The van der Waals surface area contributed by atoms with E-state index in [-0.39, 0.29) is 0 Å². The van der Waals surface area contributed by atoms with E-state index in [0.29, 0.717) is 10.9 Å². The predicted octanol–water partition coefficient (Wildman–Crippen LogP) is 3.21. The van der Waals surface area contributed by atoms with Crippen molar-refractivity contribution in [3.05, 3.63) is 58.7 Å². The second kappa shape index (κ2) is 5.65. The van der Waals surface area contributed by atoms with Gasteiger partial charge in [-0.05, 0) is 18.2 Å². The number of hydrogen-bond acceptors (Lipinski definition) is 3. The Kier molecular flexibility index (Phi) is 3.95. The number of rotatable bonds is 3. The van der Waals surface area contributed by atoms with Gasteiger partial charge in [0, 0.05) is 23.7 Å². The van der Waals surface area contributed by atoms with Gasteiger partial charge >= 0.3 is 0 Å². The van der Waals surface area contributed by atoms with Crippen LogP contribution >= 0.6 is 11.6 Å². The van der Waals surface area contributed by atoms with Crippen LogP contribution in [0.15, 0.2) is 47.5 Å². The van der Waals surface area contributed by atoms with Crippen LogP contribution in [0.5, 0.6) is 5.88 Å². The Morgan fingerprint density at radius 2 is 2.00 bits per heavy atom. The summed E-state index contributed by atoms with van der Waals surface area (Å²) in [6.07, 6.45) is 0. The monoisotopic (exact) mass is 260 g/mol. The lowest BCUT2D eigenvalue weighted by molar-refractivity contribution is 0.397. The van der Waals surface area contributed by atoms with Crippen molar-refractivity contribution >= 4 is 17.3 Å². The number of halogens is 1. The van der Waals surface area contributed by atoms with Crippen molar-refractivity contribution in [2.75, 3.05) is 14.2 Å². The molecule has 0 radical (unpaired) electrons. The van der Waals surface area contributed by atoms with Gasteiger partial charge in [-0.2, -0.15) is 0 Å². The van der Waals surface area contributed by atoms with Crippen molar-refractivity contribution in [1.29, 1.82) is 0 Å². The third kappa shape index (κ3) is 2.68. The molecule has 2 aromatic rings. The fourth-order valence-electron chi connectivity index (χ4n) is 1.69. The molecule has 0 unspecified atom stereocenters. The minimum atomic E-state index is 0.565. The lowest BCUT2D eigenvalue weighted by atomic mass is 10.1. The lowest BCUT2D eigenvalue weighted by Crippen LogP contribution is -2.06. The van der Waals surface area contributed by atoms with Crippen LogP contribution in [-0.2, 0) is 0 Å². The summed E-state index contributed by atoms with van der Waals surface area (Å²) in [5.41, 5.74) is 2.49. The van der Waals surface area contributed by atoms with Crippen LogP contribution in [0.2, 0.25) is 5.02 Å². The van der Waals surface area contributed by atoms with E-state index in [0.717, 1.165) is 17.0 Å². The van der Waals surface area contributed by atoms with Crippen molar-refractivity contribution in [3.63, 3.8) is 0 Å². The van der Waals surface area contributed by atoms with Crippen LogP contribution in [0.1, 0.15) is 11.3 Å². The quantitative estimate of drug-likeness (QED) is 0.794. The maximum Gasteiger partial charge on any atom is 0.213 e. The van der Waals surface area contributed by atoms with Gasteiger partial charge in [0.1, 0.15) is 0 Å². The molecule has 0 fully saturated rings. The SMILES string of the molecule is CN=C(c1cccc(Cl)c1)c1cccc(OC)n1. The first-order valence-electron chi connectivity index (χ1n) is 5.48. The molecule has 2 rings (SSSR count). The molecular formula is C14H13ClN2O. The summed E-state index contributed by atoms with van der Waals surface area (Å²) in [5.74, 6) is 0.565. The van der Waals surface area contributed by atoms with Crippen molar-refractivity contribution in [2.45, 2.75) is 0 Å². The minimum Gasteiger partial charge on any atom is -0.481 e. The van der Waals surface area contributed by atoms with Crippen LogP contribution in [0.25, 0.3) is 0 Å². The van der Waals surface area contributed by atoms with E-state index in [4.69, 9.17) is 16.3 Å². The molecule has 0 aliphatic rings. The second-order valence-electron chi connectivity index (χ2n) is 3.65. The van der Waals surface area contributed by atoms with E-state index in [1.165, 1.54) is 0 Å². The highest BCUT2D eigenvalue weighted by Gasteiger charge is 2.09. The number of benzene rings is 1. The summed E-state index contributed by atoms with van der Waals surface area (Å²) >= 11 is 5.99. The maximum absolute atomic E-state index is 5.99. The molecule has 1 heterocycles. The highest BCUT2D eigenvalue weighted by molar-refractivity contribution is 6.31. The third-order valence-corrected chi connectivity index (χ3v) is 2.73. The van der Waals surface area contributed by atoms with E-state index in [9.17, 15) is 0 Å². The molecule has 92 valence electrons. The average Bonchev–Trinajstić information content (AvgIpc) is 2.40. The van der Waals surface area contributed by atoms with Gasteiger partial charge in [0.15, 0.2) is 0 Å². The molecule has 3 nitrogen and oxygen atoms in total. The van der Waals surface area contributed by atoms with Gasteiger partial charge in [0.25, 0.3) is 0 Å². The van der Waals surface area contributed by atoms with Gasteiger partial charge in [-0.25, -0.2) is 4.98 Å². The molecule has 0 spiro atoms. The highest BCUT2D eigenvalue weighted by Crippen LogP contribution is 2.16. The van der Waals surface area contributed by atoms with Crippen molar-refractivity contribution in [2.24, 2.45) is 4.99 Å². The second-order valence-corrected chi connectivity index (χ2v) is 4.08. The van der Waals surface area contributed by atoms with E-state index in [1.54, 1.807) is 20.2 Å².